The fraction of sp³-hybridized carbons (Fsp3) is 0.474. The number of aromatic nitrogens is 1. The van der Waals surface area contributed by atoms with Crippen LogP contribution in [0.3, 0.4) is 0 Å². The molecule has 2 heterocycles. The van der Waals surface area contributed by atoms with Gasteiger partial charge in [-0.15, -0.1) is 11.3 Å². The van der Waals surface area contributed by atoms with Crippen molar-refractivity contribution >= 4 is 22.4 Å². The summed E-state index contributed by atoms with van der Waals surface area (Å²) in [5.74, 6) is 1.49. The zero-order chi connectivity index (χ0) is 19.2. The van der Waals surface area contributed by atoms with Crippen molar-refractivity contribution < 1.29 is 14.3 Å². The molecule has 1 aliphatic rings. The van der Waals surface area contributed by atoms with Crippen LogP contribution in [0.25, 0.3) is 0 Å². The molecule has 1 unspecified atom stereocenters. The van der Waals surface area contributed by atoms with Gasteiger partial charge in [-0.25, -0.2) is 4.98 Å². The maximum absolute atomic E-state index is 12.5. The van der Waals surface area contributed by atoms with E-state index in [1.807, 2.05) is 36.7 Å². The average Bonchev–Trinajstić information content (AvgIpc) is 3.22. The third-order valence-electron chi connectivity index (χ3n) is 4.71. The van der Waals surface area contributed by atoms with Crippen molar-refractivity contribution in [3.05, 3.63) is 35.3 Å². The third-order valence-corrected chi connectivity index (χ3v) is 5.54. The summed E-state index contributed by atoms with van der Waals surface area (Å²) < 4.78 is 10.7. The highest BCUT2D eigenvalue weighted by Gasteiger charge is 2.22. The normalized spacial score (nSPS) is 16.0. The summed E-state index contributed by atoms with van der Waals surface area (Å²) in [6.07, 6.45) is 1.83. The van der Waals surface area contributed by atoms with Crippen LogP contribution in [0.4, 0.5) is 5.13 Å². The standard InChI is InChI=1S/C19H26N4O3S/c1-14(16-12-15(25-2)4-5-17(16)26-3)21-18(24)13-22-7-9-23(10-8-22)19-20-6-11-27-19/h4-6,11-12,14H,7-10,13H2,1-3H3,(H,21,24). The summed E-state index contributed by atoms with van der Waals surface area (Å²) in [6, 6.07) is 5.43. The molecular weight excluding hydrogens is 364 g/mol. The third kappa shape index (κ3) is 4.90. The van der Waals surface area contributed by atoms with E-state index < -0.39 is 0 Å². The second kappa shape index (κ2) is 9.05. The van der Waals surface area contributed by atoms with Crippen LogP contribution in [0, 0.1) is 0 Å². The lowest BCUT2D eigenvalue weighted by Crippen LogP contribution is -2.49. The number of hydrogen-bond acceptors (Lipinski definition) is 7. The Balaban J connectivity index is 1.52. The second-order valence-corrected chi connectivity index (χ2v) is 7.35. The number of rotatable bonds is 7. The van der Waals surface area contributed by atoms with Gasteiger partial charge in [-0.3, -0.25) is 9.69 Å². The molecule has 2 aromatic rings. The second-order valence-electron chi connectivity index (χ2n) is 6.47. The van der Waals surface area contributed by atoms with Gasteiger partial charge in [-0.1, -0.05) is 0 Å². The molecular formula is C19H26N4O3S. The number of methoxy groups -OCH3 is 2. The lowest BCUT2D eigenvalue weighted by Gasteiger charge is -2.34. The van der Waals surface area contributed by atoms with Gasteiger partial charge >= 0.3 is 0 Å². The van der Waals surface area contributed by atoms with E-state index in [4.69, 9.17) is 9.47 Å². The fourth-order valence-corrected chi connectivity index (χ4v) is 3.91. The highest BCUT2D eigenvalue weighted by molar-refractivity contribution is 7.13. The van der Waals surface area contributed by atoms with Crippen LogP contribution in [0.1, 0.15) is 18.5 Å². The quantitative estimate of drug-likeness (QED) is 0.782. The lowest BCUT2D eigenvalue weighted by atomic mass is 10.1. The van der Waals surface area contributed by atoms with Crippen LogP contribution < -0.4 is 19.7 Å². The van der Waals surface area contributed by atoms with Gasteiger partial charge in [-0.05, 0) is 25.1 Å². The monoisotopic (exact) mass is 390 g/mol. The molecule has 1 saturated heterocycles. The van der Waals surface area contributed by atoms with E-state index in [0.717, 1.165) is 48.4 Å². The number of piperazine rings is 1. The summed E-state index contributed by atoms with van der Waals surface area (Å²) in [6.45, 7) is 5.83. The Kier molecular flexibility index (Phi) is 6.52. The van der Waals surface area contributed by atoms with Gasteiger partial charge < -0.3 is 19.7 Å². The molecule has 27 heavy (non-hydrogen) atoms. The first-order valence-corrected chi connectivity index (χ1v) is 9.86. The van der Waals surface area contributed by atoms with Crippen molar-refractivity contribution in [1.29, 1.82) is 0 Å². The SMILES string of the molecule is COc1ccc(OC)c(C(C)NC(=O)CN2CCN(c3nccs3)CC2)c1. The predicted molar refractivity (Wildman–Crippen MR) is 107 cm³/mol. The van der Waals surface area contributed by atoms with E-state index >= 15 is 0 Å². The Morgan fingerprint density at radius 3 is 2.67 bits per heavy atom. The maximum Gasteiger partial charge on any atom is 0.234 e. The molecule has 0 bridgehead atoms. The van der Waals surface area contributed by atoms with Crippen LogP contribution in [-0.2, 0) is 4.79 Å². The van der Waals surface area contributed by atoms with E-state index in [9.17, 15) is 4.79 Å². The van der Waals surface area contributed by atoms with Crippen LogP contribution in [0.5, 0.6) is 11.5 Å². The number of nitrogens with one attached hydrogen (secondary N) is 1. The molecule has 1 aromatic carbocycles. The molecule has 1 fully saturated rings. The molecule has 3 rings (SSSR count). The largest absolute Gasteiger partial charge is 0.497 e. The van der Waals surface area contributed by atoms with Crippen molar-refractivity contribution in [2.24, 2.45) is 0 Å². The number of benzene rings is 1. The average molecular weight is 391 g/mol. The van der Waals surface area contributed by atoms with Crippen molar-refractivity contribution in [2.45, 2.75) is 13.0 Å². The molecule has 0 saturated carbocycles. The first-order chi connectivity index (χ1) is 13.1. The van der Waals surface area contributed by atoms with Crippen molar-refractivity contribution in [3.8, 4) is 11.5 Å². The molecule has 0 aliphatic carbocycles. The summed E-state index contributed by atoms with van der Waals surface area (Å²) in [5.41, 5.74) is 0.902. The molecule has 0 radical (unpaired) electrons. The Morgan fingerprint density at radius 2 is 2.04 bits per heavy atom. The Bertz CT molecular complexity index is 745. The van der Waals surface area contributed by atoms with Crippen LogP contribution in [0.2, 0.25) is 0 Å². The topological polar surface area (TPSA) is 66.9 Å². The van der Waals surface area contributed by atoms with Crippen molar-refractivity contribution in [1.82, 2.24) is 15.2 Å². The van der Waals surface area contributed by atoms with Gasteiger partial charge in [0.1, 0.15) is 11.5 Å². The van der Waals surface area contributed by atoms with E-state index in [1.165, 1.54) is 0 Å². The minimum Gasteiger partial charge on any atom is -0.497 e. The zero-order valence-corrected chi connectivity index (χ0v) is 16.8. The molecule has 1 amide bonds. The first-order valence-electron chi connectivity index (χ1n) is 8.98. The van der Waals surface area contributed by atoms with Gasteiger partial charge in [0.15, 0.2) is 5.13 Å². The Hall–Kier alpha value is -2.32. The number of carbonyl (C=O) groups is 1. The number of anilines is 1. The fourth-order valence-electron chi connectivity index (χ4n) is 3.22. The minimum atomic E-state index is -0.167. The van der Waals surface area contributed by atoms with E-state index in [2.05, 4.69) is 20.1 Å². The molecule has 1 atom stereocenters. The summed E-state index contributed by atoms with van der Waals surface area (Å²) in [7, 11) is 3.25. The molecule has 146 valence electrons. The number of carbonyl (C=O) groups excluding carboxylic acids is 1. The van der Waals surface area contributed by atoms with E-state index in [0.29, 0.717) is 6.54 Å². The number of nitrogens with zero attached hydrogens (tertiary/aromatic N) is 3. The van der Waals surface area contributed by atoms with E-state index in [-0.39, 0.29) is 11.9 Å². The Morgan fingerprint density at radius 1 is 1.26 bits per heavy atom. The highest BCUT2D eigenvalue weighted by atomic mass is 32.1. The number of hydrogen-bond donors (Lipinski definition) is 1. The predicted octanol–water partition coefficient (Wildman–Crippen LogP) is 2.16. The van der Waals surface area contributed by atoms with Gasteiger partial charge in [0.25, 0.3) is 0 Å². The molecule has 0 spiro atoms. The first kappa shape index (κ1) is 19.4. The van der Waals surface area contributed by atoms with Crippen molar-refractivity contribution in [2.75, 3.05) is 51.8 Å². The van der Waals surface area contributed by atoms with Crippen LogP contribution >= 0.6 is 11.3 Å². The minimum absolute atomic E-state index is 0.00933. The zero-order valence-electron chi connectivity index (χ0n) is 16.0. The number of thiazole rings is 1. The molecule has 1 aliphatic heterocycles. The molecule has 7 nitrogen and oxygen atoms in total. The summed E-state index contributed by atoms with van der Waals surface area (Å²) in [5, 5.41) is 6.11. The molecule has 1 N–H and O–H groups in total. The van der Waals surface area contributed by atoms with E-state index in [1.54, 1.807) is 25.6 Å². The highest BCUT2D eigenvalue weighted by Crippen LogP contribution is 2.29. The summed E-state index contributed by atoms with van der Waals surface area (Å²) >= 11 is 1.65. The summed E-state index contributed by atoms with van der Waals surface area (Å²) in [4.78, 5) is 21.3. The van der Waals surface area contributed by atoms with Gasteiger partial charge in [-0.2, -0.15) is 0 Å². The van der Waals surface area contributed by atoms with Crippen LogP contribution in [0.15, 0.2) is 29.8 Å². The number of amides is 1. The number of ether oxygens (including phenoxy) is 2. The smallest absolute Gasteiger partial charge is 0.234 e. The van der Waals surface area contributed by atoms with Gasteiger partial charge in [0, 0.05) is 43.3 Å². The maximum atomic E-state index is 12.5. The molecule has 8 heteroatoms. The van der Waals surface area contributed by atoms with Gasteiger partial charge in [0.2, 0.25) is 5.91 Å². The lowest BCUT2D eigenvalue weighted by molar-refractivity contribution is -0.123. The van der Waals surface area contributed by atoms with Gasteiger partial charge in [0.05, 0.1) is 26.8 Å². The Labute approximate surface area is 163 Å². The molecule has 1 aromatic heterocycles. The van der Waals surface area contributed by atoms with Crippen molar-refractivity contribution in [3.63, 3.8) is 0 Å². The van der Waals surface area contributed by atoms with Crippen LogP contribution in [-0.4, -0.2) is 62.7 Å².